The van der Waals surface area contributed by atoms with E-state index in [1.165, 1.54) is 12.5 Å². The molecule has 18 heavy (non-hydrogen) atoms. The van der Waals surface area contributed by atoms with Gasteiger partial charge in [0.25, 0.3) is 0 Å². The molecule has 1 N–H and O–H groups in total. The molecule has 1 fully saturated rings. The summed E-state index contributed by atoms with van der Waals surface area (Å²) in [6.07, 6.45) is 4.34. The molecule has 0 radical (unpaired) electrons. The van der Waals surface area contributed by atoms with Crippen molar-refractivity contribution in [2.45, 2.75) is 44.2 Å². The maximum absolute atomic E-state index is 13.4. The van der Waals surface area contributed by atoms with Crippen molar-refractivity contribution in [2.75, 3.05) is 13.7 Å². The second-order valence-corrected chi connectivity index (χ2v) is 5.06. The molecule has 0 heterocycles. The Bertz CT molecular complexity index is 384. The van der Waals surface area contributed by atoms with Crippen LogP contribution in [0.2, 0.25) is 0 Å². The standard InChI is InChI=1S/C15H22FNO/c1-3-10-17-14(15(18-2)8-5-9-15)12-6-4-7-13(16)11-12/h4,6-7,11,14,17H,3,5,8-10H2,1-2H3. The second kappa shape index (κ2) is 5.81. The zero-order chi connectivity index (χ0) is 13.0. The molecular weight excluding hydrogens is 229 g/mol. The van der Waals surface area contributed by atoms with Crippen LogP contribution in [0.3, 0.4) is 0 Å². The van der Waals surface area contributed by atoms with Crippen molar-refractivity contribution in [3.05, 3.63) is 35.6 Å². The predicted octanol–water partition coefficient (Wildman–Crippen LogP) is 3.44. The van der Waals surface area contributed by atoms with Crippen LogP contribution in [0.5, 0.6) is 0 Å². The number of rotatable bonds is 6. The van der Waals surface area contributed by atoms with Gasteiger partial charge in [-0.05, 0) is 49.9 Å². The van der Waals surface area contributed by atoms with E-state index in [1.54, 1.807) is 19.2 Å². The summed E-state index contributed by atoms with van der Waals surface area (Å²) in [6, 6.07) is 6.95. The molecule has 1 aliphatic carbocycles. The zero-order valence-corrected chi connectivity index (χ0v) is 11.2. The Morgan fingerprint density at radius 2 is 2.22 bits per heavy atom. The lowest BCUT2D eigenvalue weighted by atomic mass is 9.72. The smallest absolute Gasteiger partial charge is 0.123 e. The zero-order valence-electron chi connectivity index (χ0n) is 11.2. The van der Waals surface area contributed by atoms with E-state index in [9.17, 15) is 4.39 Å². The number of halogens is 1. The first kappa shape index (κ1) is 13.5. The third-order valence-electron chi connectivity index (χ3n) is 3.91. The Kier molecular flexibility index (Phi) is 4.36. The van der Waals surface area contributed by atoms with E-state index < -0.39 is 0 Å². The molecular formula is C15H22FNO. The maximum atomic E-state index is 13.4. The van der Waals surface area contributed by atoms with Crippen molar-refractivity contribution in [1.29, 1.82) is 0 Å². The highest BCUT2D eigenvalue weighted by Crippen LogP contribution is 2.44. The van der Waals surface area contributed by atoms with Crippen LogP contribution in [0.25, 0.3) is 0 Å². The summed E-state index contributed by atoms with van der Waals surface area (Å²) in [4.78, 5) is 0. The minimum absolute atomic E-state index is 0.0897. The Balaban J connectivity index is 2.24. The minimum atomic E-state index is -0.179. The summed E-state index contributed by atoms with van der Waals surface area (Å²) in [6.45, 7) is 3.06. The molecule has 1 unspecified atom stereocenters. The fourth-order valence-electron chi connectivity index (χ4n) is 2.72. The summed E-state index contributed by atoms with van der Waals surface area (Å²) in [5, 5.41) is 3.51. The summed E-state index contributed by atoms with van der Waals surface area (Å²) >= 11 is 0. The fraction of sp³-hybridized carbons (Fsp3) is 0.600. The lowest BCUT2D eigenvalue weighted by Crippen LogP contribution is -2.50. The van der Waals surface area contributed by atoms with Gasteiger partial charge in [-0.2, -0.15) is 0 Å². The first-order chi connectivity index (χ1) is 8.72. The van der Waals surface area contributed by atoms with Gasteiger partial charge in [-0.1, -0.05) is 19.1 Å². The molecule has 0 spiro atoms. The van der Waals surface area contributed by atoms with Crippen LogP contribution >= 0.6 is 0 Å². The molecule has 0 bridgehead atoms. The van der Waals surface area contributed by atoms with Crippen LogP contribution < -0.4 is 5.32 Å². The Morgan fingerprint density at radius 1 is 1.44 bits per heavy atom. The Morgan fingerprint density at radius 3 is 2.72 bits per heavy atom. The summed E-state index contributed by atoms with van der Waals surface area (Å²) in [5.41, 5.74) is 0.841. The van der Waals surface area contributed by atoms with Gasteiger partial charge in [0.2, 0.25) is 0 Å². The van der Waals surface area contributed by atoms with E-state index in [0.717, 1.165) is 31.4 Å². The maximum Gasteiger partial charge on any atom is 0.123 e. The number of hydrogen-bond acceptors (Lipinski definition) is 2. The van der Waals surface area contributed by atoms with Gasteiger partial charge in [-0.15, -0.1) is 0 Å². The molecule has 1 saturated carbocycles. The first-order valence-electron chi connectivity index (χ1n) is 6.76. The number of ether oxygens (including phenoxy) is 1. The topological polar surface area (TPSA) is 21.3 Å². The number of methoxy groups -OCH3 is 1. The van der Waals surface area contributed by atoms with Gasteiger partial charge in [0.15, 0.2) is 0 Å². The van der Waals surface area contributed by atoms with Crippen LogP contribution in [-0.2, 0) is 4.74 Å². The van der Waals surface area contributed by atoms with Crippen LogP contribution in [0.4, 0.5) is 4.39 Å². The molecule has 1 aromatic rings. The van der Waals surface area contributed by atoms with Crippen molar-refractivity contribution in [3.8, 4) is 0 Å². The molecule has 0 aromatic heterocycles. The van der Waals surface area contributed by atoms with Gasteiger partial charge in [0.05, 0.1) is 11.6 Å². The van der Waals surface area contributed by atoms with Crippen LogP contribution in [0, 0.1) is 5.82 Å². The molecule has 100 valence electrons. The van der Waals surface area contributed by atoms with Gasteiger partial charge in [-0.25, -0.2) is 4.39 Å². The molecule has 1 aromatic carbocycles. The highest BCUT2D eigenvalue weighted by Gasteiger charge is 2.44. The largest absolute Gasteiger partial charge is 0.376 e. The molecule has 0 saturated heterocycles. The Labute approximate surface area is 109 Å². The molecule has 0 aliphatic heterocycles. The number of nitrogens with one attached hydrogen (secondary N) is 1. The van der Waals surface area contributed by atoms with Gasteiger partial charge >= 0.3 is 0 Å². The van der Waals surface area contributed by atoms with E-state index in [2.05, 4.69) is 12.2 Å². The fourth-order valence-corrected chi connectivity index (χ4v) is 2.72. The SMILES string of the molecule is CCCNC(c1cccc(F)c1)C1(OC)CCC1. The quantitative estimate of drug-likeness (QED) is 0.836. The summed E-state index contributed by atoms with van der Waals surface area (Å²) < 4.78 is 19.1. The first-order valence-corrected chi connectivity index (χ1v) is 6.76. The van der Waals surface area contributed by atoms with Crippen molar-refractivity contribution < 1.29 is 9.13 Å². The van der Waals surface area contributed by atoms with Gasteiger partial charge in [0.1, 0.15) is 5.82 Å². The average molecular weight is 251 g/mol. The lowest BCUT2D eigenvalue weighted by molar-refractivity contribution is -0.0997. The summed E-state index contributed by atoms with van der Waals surface area (Å²) in [7, 11) is 1.76. The van der Waals surface area contributed by atoms with Crippen LogP contribution in [0.1, 0.15) is 44.2 Å². The molecule has 3 heteroatoms. The molecule has 2 rings (SSSR count). The second-order valence-electron chi connectivity index (χ2n) is 5.06. The van der Waals surface area contributed by atoms with E-state index in [0.29, 0.717) is 0 Å². The third-order valence-corrected chi connectivity index (χ3v) is 3.91. The molecule has 1 atom stereocenters. The predicted molar refractivity (Wildman–Crippen MR) is 71.0 cm³/mol. The number of hydrogen-bond donors (Lipinski definition) is 1. The number of benzene rings is 1. The molecule has 1 aliphatic rings. The molecule has 2 nitrogen and oxygen atoms in total. The Hall–Kier alpha value is -0.930. The van der Waals surface area contributed by atoms with Gasteiger partial charge < -0.3 is 10.1 Å². The van der Waals surface area contributed by atoms with Crippen LogP contribution in [0.15, 0.2) is 24.3 Å². The van der Waals surface area contributed by atoms with Crippen molar-refractivity contribution in [1.82, 2.24) is 5.32 Å². The minimum Gasteiger partial charge on any atom is -0.376 e. The average Bonchev–Trinajstić information content (AvgIpc) is 2.32. The summed E-state index contributed by atoms with van der Waals surface area (Å²) in [5.74, 6) is -0.179. The third kappa shape index (κ3) is 2.57. The van der Waals surface area contributed by atoms with Gasteiger partial charge in [0, 0.05) is 7.11 Å². The lowest BCUT2D eigenvalue weighted by Gasteiger charge is -2.47. The van der Waals surface area contributed by atoms with E-state index in [4.69, 9.17) is 4.74 Å². The van der Waals surface area contributed by atoms with Crippen molar-refractivity contribution >= 4 is 0 Å². The van der Waals surface area contributed by atoms with Gasteiger partial charge in [-0.3, -0.25) is 0 Å². The van der Waals surface area contributed by atoms with E-state index in [1.807, 2.05) is 6.07 Å². The highest BCUT2D eigenvalue weighted by atomic mass is 19.1. The normalized spacial score (nSPS) is 19.3. The van der Waals surface area contributed by atoms with Crippen molar-refractivity contribution in [3.63, 3.8) is 0 Å². The highest BCUT2D eigenvalue weighted by molar-refractivity contribution is 5.24. The van der Waals surface area contributed by atoms with E-state index in [-0.39, 0.29) is 17.5 Å². The monoisotopic (exact) mass is 251 g/mol. The van der Waals surface area contributed by atoms with Crippen LogP contribution in [-0.4, -0.2) is 19.3 Å². The van der Waals surface area contributed by atoms with Crippen molar-refractivity contribution in [2.24, 2.45) is 0 Å². The molecule has 0 amide bonds. The van der Waals surface area contributed by atoms with E-state index >= 15 is 0 Å².